The fourth-order valence-corrected chi connectivity index (χ4v) is 2.52. The number of hydrogen-bond acceptors (Lipinski definition) is 4. The van der Waals surface area contributed by atoms with Crippen LogP contribution in [0, 0.1) is 5.92 Å². The molecule has 1 aliphatic rings. The van der Waals surface area contributed by atoms with E-state index in [-0.39, 0.29) is 0 Å². The number of nitrogens with one attached hydrogen (secondary N) is 1. The van der Waals surface area contributed by atoms with E-state index in [4.69, 9.17) is 9.47 Å². The van der Waals surface area contributed by atoms with Crippen molar-refractivity contribution in [2.45, 2.75) is 12.8 Å². The molecule has 5 heteroatoms. The summed E-state index contributed by atoms with van der Waals surface area (Å²) in [7, 11) is 1.66. The number of hydrogen-bond donors (Lipinski definition) is 1. The zero-order chi connectivity index (χ0) is 16.4. The van der Waals surface area contributed by atoms with Crippen molar-refractivity contribution in [3.05, 3.63) is 47.9 Å². The average molecular weight is 321 g/mol. The van der Waals surface area contributed by atoms with Gasteiger partial charge < -0.3 is 14.5 Å². The molecule has 0 amide bonds. The summed E-state index contributed by atoms with van der Waals surface area (Å²) < 4.78 is 11.3. The van der Waals surface area contributed by atoms with E-state index in [1.165, 1.54) is 12.8 Å². The lowest BCUT2D eigenvalue weighted by atomic mass is 10.2. The molecule has 2 heterocycles. The van der Waals surface area contributed by atoms with Gasteiger partial charge in [0.15, 0.2) is 17.1 Å². The van der Waals surface area contributed by atoms with Crippen molar-refractivity contribution in [3.63, 3.8) is 0 Å². The number of pyridine rings is 1. The zero-order valence-corrected chi connectivity index (χ0v) is 13.5. The Morgan fingerprint density at radius 3 is 2.92 bits per heavy atom. The fraction of sp³-hybridized carbons (Fsp3) is 0.263. The summed E-state index contributed by atoms with van der Waals surface area (Å²) in [6, 6.07) is 9.78. The van der Waals surface area contributed by atoms with E-state index < -0.39 is 0 Å². The largest absolute Gasteiger partial charge is 0.493 e. The van der Waals surface area contributed by atoms with Crippen LogP contribution in [0.3, 0.4) is 0 Å². The van der Waals surface area contributed by atoms with Crippen LogP contribution in [0.15, 0.2) is 36.5 Å². The van der Waals surface area contributed by atoms with Gasteiger partial charge in [-0.3, -0.25) is 0 Å². The Kier molecular flexibility index (Phi) is 3.91. The van der Waals surface area contributed by atoms with Gasteiger partial charge in [0.1, 0.15) is 5.82 Å². The van der Waals surface area contributed by atoms with Gasteiger partial charge in [-0.25, -0.2) is 9.97 Å². The smallest absolute Gasteiger partial charge is 0.178 e. The van der Waals surface area contributed by atoms with Crippen LogP contribution in [-0.4, -0.2) is 28.7 Å². The molecule has 0 aliphatic heterocycles. The third-order valence-corrected chi connectivity index (χ3v) is 4.07. The van der Waals surface area contributed by atoms with E-state index in [2.05, 4.69) is 15.0 Å². The highest BCUT2D eigenvalue weighted by Gasteiger charge is 2.22. The molecular weight excluding hydrogens is 302 g/mol. The molecule has 0 atom stereocenters. The van der Waals surface area contributed by atoms with E-state index in [9.17, 15) is 0 Å². The highest BCUT2D eigenvalue weighted by Crippen LogP contribution is 2.33. The Morgan fingerprint density at radius 1 is 1.21 bits per heavy atom. The molecule has 5 nitrogen and oxygen atoms in total. The van der Waals surface area contributed by atoms with Gasteiger partial charge in [0.05, 0.1) is 19.2 Å². The summed E-state index contributed by atoms with van der Waals surface area (Å²) >= 11 is 0. The monoisotopic (exact) mass is 321 g/mol. The molecule has 0 radical (unpaired) electrons. The molecule has 1 N–H and O–H groups in total. The molecule has 24 heavy (non-hydrogen) atoms. The van der Waals surface area contributed by atoms with Crippen molar-refractivity contribution in [2.75, 3.05) is 13.7 Å². The van der Waals surface area contributed by atoms with Gasteiger partial charge >= 0.3 is 0 Å². The van der Waals surface area contributed by atoms with Gasteiger partial charge in [-0.15, -0.1) is 0 Å². The molecule has 1 fully saturated rings. The second-order valence-electron chi connectivity index (χ2n) is 5.99. The molecule has 1 aromatic carbocycles. The third kappa shape index (κ3) is 3.25. The Balaban J connectivity index is 1.54. The summed E-state index contributed by atoms with van der Waals surface area (Å²) in [4.78, 5) is 11.9. The normalized spacial score (nSPS) is 14.4. The molecule has 2 aromatic heterocycles. The summed E-state index contributed by atoms with van der Waals surface area (Å²) in [5, 5.41) is 0. The molecule has 1 saturated carbocycles. The highest BCUT2D eigenvalue weighted by molar-refractivity contribution is 5.75. The predicted molar refractivity (Wildman–Crippen MR) is 94.0 cm³/mol. The van der Waals surface area contributed by atoms with Crippen molar-refractivity contribution in [1.82, 2.24) is 15.0 Å². The van der Waals surface area contributed by atoms with E-state index >= 15 is 0 Å². The third-order valence-electron chi connectivity index (χ3n) is 4.07. The second kappa shape index (κ2) is 6.35. The Bertz CT molecular complexity index is 848. The molecule has 122 valence electrons. The van der Waals surface area contributed by atoms with Crippen LogP contribution >= 0.6 is 0 Å². The minimum Gasteiger partial charge on any atom is -0.493 e. The van der Waals surface area contributed by atoms with Crippen molar-refractivity contribution in [1.29, 1.82) is 0 Å². The number of fused-ring (bicyclic) bond motifs is 1. The van der Waals surface area contributed by atoms with Crippen molar-refractivity contribution >= 4 is 23.3 Å². The predicted octanol–water partition coefficient (Wildman–Crippen LogP) is 3.93. The number of imidazole rings is 1. The Morgan fingerprint density at radius 2 is 2.12 bits per heavy atom. The van der Waals surface area contributed by atoms with Crippen LogP contribution in [0.25, 0.3) is 23.3 Å². The maximum atomic E-state index is 5.90. The molecule has 3 aromatic rings. The summed E-state index contributed by atoms with van der Waals surface area (Å²) in [6.07, 6.45) is 8.21. The SMILES string of the molecule is COc1ccc(C=Cc2nc3ncccc3[nH]2)cc1OCC1CC1. The van der Waals surface area contributed by atoms with Gasteiger partial charge in [-0.2, -0.15) is 0 Å². The van der Waals surface area contributed by atoms with Gasteiger partial charge in [0.2, 0.25) is 0 Å². The van der Waals surface area contributed by atoms with Crippen molar-refractivity contribution in [3.8, 4) is 11.5 Å². The van der Waals surface area contributed by atoms with Crippen LogP contribution in [-0.2, 0) is 0 Å². The molecule has 1 aliphatic carbocycles. The maximum Gasteiger partial charge on any atom is 0.178 e. The Labute approximate surface area is 140 Å². The summed E-state index contributed by atoms with van der Waals surface area (Å²) in [5.41, 5.74) is 2.69. The fourth-order valence-electron chi connectivity index (χ4n) is 2.52. The quantitative estimate of drug-likeness (QED) is 0.747. The molecule has 0 saturated heterocycles. The first kappa shape index (κ1) is 14.8. The minimum atomic E-state index is 0.706. The number of methoxy groups -OCH3 is 1. The number of ether oxygens (including phenoxy) is 2. The first-order valence-electron chi connectivity index (χ1n) is 8.11. The van der Waals surface area contributed by atoms with E-state index in [0.29, 0.717) is 5.92 Å². The van der Waals surface area contributed by atoms with Gasteiger partial charge in [-0.05, 0) is 54.7 Å². The van der Waals surface area contributed by atoms with Gasteiger partial charge in [0, 0.05) is 6.20 Å². The molecule has 0 bridgehead atoms. The van der Waals surface area contributed by atoms with Crippen molar-refractivity contribution < 1.29 is 9.47 Å². The topological polar surface area (TPSA) is 60.0 Å². The highest BCUT2D eigenvalue weighted by atomic mass is 16.5. The average Bonchev–Trinajstić information content (AvgIpc) is 3.35. The number of aromatic amines is 1. The number of benzene rings is 1. The first-order chi connectivity index (χ1) is 11.8. The minimum absolute atomic E-state index is 0.706. The molecular formula is C19H19N3O2. The summed E-state index contributed by atoms with van der Waals surface area (Å²) in [6.45, 7) is 0.763. The van der Waals surface area contributed by atoms with Crippen LogP contribution < -0.4 is 9.47 Å². The van der Waals surface area contributed by atoms with E-state index in [0.717, 1.165) is 40.7 Å². The molecule has 4 rings (SSSR count). The van der Waals surface area contributed by atoms with Gasteiger partial charge in [-0.1, -0.05) is 12.1 Å². The van der Waals surface area contributed by atoms with E-state index in [1.807, 2.05) is 42.5 Å². The number of H-pyrrole nitrogens is 1. The van der Waals surface area contributed by atoms with Crippen molar-refractivity contribution in [2.24, 2.45) is 5.92 Å². The van der Waals surface area contributed by atoms with E-state index in [1.54, 1.807) is 13.3 Å². The second-order valence-corrected chi connectivity index (χ2v) is 5.99. The van der Waals surface area contributed by atoms with Crippen LogP contribution in [0.2, 0.25) is 0 Å². The van der Waals surface area contributed by atoms with Crippen LogP contribution in [0.1, 0.15) is 24.2 Å². The molecule has 0 spiro atoms. The standard InChI is InChI=1S/C19H19N3O2/c1-23-16-8-6-13(11-17(16)24-12-14-4-5-14)7-9-18-21-15-3-2-10-20-19(15)22-18/h2-3,6-11,14H,4-5,12H2,1H3,(H,20,21,22). The first-order valence-corrected chi connectivity index (χ1v) is 8.11. The maximum absolute atomic E-state index is 5.90. The zero-order valence-electron chi connectivity index (χ0n) is 13.5. The molecule has 0 unspecified atom stereocenters. The number of nitrogens with zero attached hydrogens (tertiary/aromatic N) is 2. The number of rotatable bonds is 6. The van der Waals surface area contributed by atoms with Crippen LogP contribution in [0.4, 0.5) is 0 Å². The van der Waals surface area contributed by atoms with Gasteiger partial charge in [0.25, 0.3) is 0 Å². The Hall–Kier alpha value is -2.82. The van der Waals surface area contributed by atoms with Crippen LogP contribution in [0.5, 0.6) is 11.5 Å². The number of aromatic nitrogens is 3. The lowest BCUT2D eigenvalue weighted by molar-refractivity contribution is 0.280. The lowest BCUT2D eigenvalue weighted by Crippen LogP contribution is -2.01. The lowest BCUT2D eigenvalue weighted by Gasteiger charge is -2.11. The summed E-state index contributed by atoms with van der Waals surface area (Å²) in [5.74, 6) is 3.04.